The number of carbonyl (C=O) groups excluding carboxylic acids is 2. The van der Waals surface area contributed by atoms with Crippen molar-refractivity contribution in [2.75, 3.05) is 53.7 Å². The van der Waals surface area contributed by atoms with Crippen LogP contribution in [0.3, 0.4) is 0 Å². The summed E-state index contributed by atoms with van der Waals surface area (Å²) in [5.74, 6) is 0.318. The van der Waals surface area contributed by atoms with Crippen LogP contribution in [0.5, 0.6) is 0 Å². The fourth-order valence-corrected chi connectivity index (χ4v) is 4.09. The molecule has 0 saturated carbocycles. The zero-order valence-corrected chi connectivity index (χ0v) is 23.2. The van der Waals surface area contributed by atoms with E-state index < -0.39 is 18.2 Å². The highest BCUT2D eigenvalue weighted by Gasteiger charge is 2.21. The fraction of sp³-hybridized carbons (Fsp3) is 0.385. The third-order valence-corrected chi connectivity index (χ3v) is 5.97. The molecule has 0 bridgehead atoms. The van der Waals surface area contributed by atoms with E-state index in [0.717, 1.165) is 0 Å². The lowest BCUT2D eigenvalue weighted by Crippen LogP contribution is -2.37. The number of carbonyl (C=O) groups is 2. The van der Waals surface area contributed by atoms with E-state index in [1.807, 2.05) is 4.90 Å². The van der Waals surface area contributed by atoms with Gasteiger partial charge in [0, 0.05) is 24.5 Å². The molecule has 1 aliphatic rings. The van der Waals surface area contributed by atoms with E-state index in [-0.39, 0.29) is 12.5 Å². The van der Waals surface area contributed by atoms with E-state index in [9.17, 15) is 18.4 Å². The van der Waals surface area contributed by atoms with Crippen molar-refractivity contribution in [3.05, 3.63) is 43.0 Å². The predicted octanol–water partition coefficient (Wildman–Crippen LogP) is 3.64. The van der Waals surface area contributed by atoms with Gasteiger partial charge in [-0.15, -0.1) is 0 Å². The van der Waals surface area contributed by atoms with E-state index in [1.54, 1.807) is 45.0 Å². The van der Waals surface area contributed by atoms with Crippen molar-refractivity contribution in [2.45, 2.75) is 32.9 Å². The summed E-state index contributed by atoms with van der Waals surface area (Å²) in [5, 5.41) is 12.1. The minimum absolute atomic E-state index is 0.150. The molecule has 4 aromatic rings. The molecule has 2 amide bonds. The number of morpholine rings is 1. The van der Waals surface area contributed by atoms with Crippen LogP contribution in [0, 0.1) is 0 Å². The number of fused-ring (bicyclic) bond motifs is 1. The van der Waals surface area contributed by atoms with Crippen LogP contribution in [0.25, 0.3) is 16.9 Å². The number of rotatable bonds is 8. The molecule has 0 unspecified atom stereocenters. The first-order chi connectivity index (χ1) is 20.1. The fourth-order valence-electron chi connectivity index (χ4n) is 4.09. The summed E-state index contributed by atoms with van der Waals surface area (Å²) >= 11 is 0. The normalized spacial score (nSPS) is 13.8. The van der Waals surface area contributed by atoms with Crippen molar-refractivity contribution in [3.63, 3.8) is 0 Å². The lowest BCUT2D eigenvalue weighted by molar-refractivity contribution is -0.114. The van der Waals surface area contributed by atoms with Crippen LogP contribution in [-0.4, -0.2) is 79.7 Å². The average Bonchev–Trinajstić information content (AvgIpc) is 3.60. The van der Waals surface area contributed by atoms with Crippen LogP contribution in [0.1, 0.15) is 27.3 Å². The molecule has 1 aliphatic heterocycles. The SMILES string of the molecule is CC(C)(C)OC(=O)Nc1ccc(NC(=O)CNc2nc(N3CCOCC3)nc3c2ncn3-c2cnn(C(F)F)c2)cc1. The molecule has 1 aromatic carbocycles. The standard InChI is InChI=1S/C26H30F2N10O4/c1-26(2,3)42-25(40)33-17-6-4-16(5-7-17)32-19(39)13-29-21-20-22(35-24(34-21)36-8-10-41-11-9-36)37(15-30-20)18-12-31-38(14-18)23(27)28/h4-7,12,14-15,23H,8-11,13H2,1-3H3,(H,32,39)(H,33,40)(H,29,34,35). The zero-order chi connectivity index (χ0) is 29.9. The third kappa shape index (κ3) is 6.88. The number of benzene rings is 1. The Bertz CT molecular complexity index is 1560. The molecule has 0 spiro atoms. The average molecular weight is 585 g/mol. The van der Waals surface area contributed by atoms with E-state index in [4.69, 9.17) is 9.47 Å². The maximum absolute atomic E-state index is 13.1. The Labute approximate surface area is 239 Å². The Morgan fingerprint density at radius 3 is 2.40 bits per heavy atom. The number of hydrogen-bond acceptors (Lipinski definition) is 10. The van der Waals surface area contributed by atoms with Gasteiger partial charge >= 0.3 is 12.6 Å². The molecule has 42 heavy (non-hydrogen) atoms. The molecule has 0 atom stereocenters. The second-order valence-electron chi connectivity index (χ2n) is 10.3. The van der Waals surface area contributed by atoms with Crippen molar-refractivity contribution >= 4 is 46.3 Å². The third-order valence-electron chi connectivity index (χ3n) is 5.97. The molecule has 0 aliphatic carbocycles. The number of nitrogens with one attached hydrogen (secondary N) is 3. The van der Waals surface area contributed by atoms with Gasteiger partial charge in [0.2, 0.25) is 11.9 Å². The monoisotopic (exact) mass is 584 g/mol. The van der Waals surface area contributed by atoms with Crippen LogP contribution in [0.4, 0.5) is 36.7 Å². The predicted molar refractivity (Wildman–Crippen MR) is 150 cm³/mol. The summed E-state index contributed by atoms with van der Waals surface area (Å²) in [5.41, 5.74) is 1.45. The summed E-state index contributed by atoms with van der Waals surface area (Å²) < 4.78 is 39.0. The van der Waals surface area contributed by atoms with Gasteiger partial charge in [0.05, 0.1) is 37.8 Å². The molecule has 0 radical (unpaired) electrons. The minimum atomic E-state index is -2.79. The summed E-state index contributed by atoms with van der Waals surface area (Å²) in [4.78, 5) is 40.3. The van der Waals surface area contributed by atoms with Gasteiger partial charge in [0.1, 0.15) is 11.9 Å². The second-order valence-corrected chi connectivity index (χ2v) is 10.3. The van der Waals surface area contributed by atoms with Crippen molar-refractivity contribution in [2.24, 2.45) is 0 Å². The van der Waals surface area contributed by atoms with Crippen molar-refractivity contribution in [3.8, 4) is 5.69 Å². The van der Waals surface area contributed by atoms with Crippen LogP contribution in [0.15, 0.2) is 43.0 Å². The Hall–Kier alpha value is -4.86. The molecule has 3 N–H and O–H groups in total. The molecule has 1 fully saturated rings. The van der Waals surface area contributed by atoms with E-state index in [2.05, 4.69) is 36.0 Å². The molecular weight excluding hydrogens is 554 g/mol. The lowest BCUT2D eigenvalue weighted by atomic mass is 10.2. The topological polar surface area (TPSA) is 153 Å². The van der Waals surface area contributed by atoms with Gasteiger partial charge < -0.3 is 25.0 Å². The Balaban J connectivity index is 1.31. The molecule has 222 valence electrons. The molecule has 4 heterocycles. The van der Waals surface area contributed by atoms with Crippen LogP contribution >= 0.6 is 0 Å². The summed E-state index contributed by atoms with van der Waals surface area (Å²) in [6, 6.07) is 6.56. The maximum Gasteiger partial charge on any atom is 0.412 e. The van der Waals surface area contributed by atoms with E-state index in [0.29, 0.717) is 71.0 Å². The van der Waals surface area contributed by atoms with Crippen LogP contribution < -0.4 is 20.9 Å². The largest absolute Gasteiger partial charge is 0.444 e. The molecule has 14 nitrogen and oxygen atoms in total. The highest BCUT2D eigenvalue weighted by molar-refractivity contribution is 5.95. The first-order valence-electron chi connectivity index (χ1n) is 13.1. The molecule has 5 rings (SSSR count). The number of anilines is 4. The Morgan fingerprint density at radius 1 is 1.07 bits per heavy atom. The molecule has 1 saturated heterocycles. The number of nitrogens with zero attached hydrogens (tertiary/aromatic N) is 7. The molecule has 16 heteroatoms. The minimum Gasteiger partial charge on any atom is -0.444 e. The highest BCUT2D eigenvalue weighted by atomic mass is 19.3. The smallest absolute Gasteiger partial charge is 0.412 e. The number of halogens is 2. The number of alkyl halides is 2. The van der Waals surface area contributed by atoms with Crippen molar-refractivity contribution in [1.29, 1.82) is 0 Å². The number of hydrogen-bond donors (Lipinski definition) is 3. The van der Waals surface area contributed by atoms with Crippen LogP contribution in [0.2, 0.25) is 0 Å². The van der Waals surface area contributed by atoms with Gasteiger partial charge in [-0.25, -0.2) is 14.5 Å². The summed E-state index contributed by atoms with van der Waals surface area (Å²) in [6.45, 7) is 4.48. The number of amides is 2. The zero-order valence-electron chi connectivity index (χ0n) is 23.2. The van der Waals surface area contributed by atoms with Crippen molar-refractivity contribution in [1.82, 2.24) is 29.3 Å². The first kappa shape index (κ1) is 28.7. The quantitative estimate of drug-likeness (QED) is 0.280. The van der Waals surface area contributed by atoms with E-state index in [1.165, 1.54) is 23.3 Å². The first-order valence-corrected chi connectivity index (χ1v) is 13.1. The Morgan fingerprint density at radius 2 is 1.76 bits per heavy atom. The van der Waals surface area contributed by atoms with Gasteiger partial charge in [-0.05, 0) is 45.0 Å². The van der Waals surface area contributed by atoms with Gasteiger partial charge in [0.25, 0.3) is 0 Å². The van der Waals surface area contributed by atoms with Crippen LogP contribution in [-0.2, 0) is 14.3 Å². The Kier molecular flexibility index (Phi) is 8.15. The lowest BCUT2D eigenvalue weighted by Gasteiger charge is -2.27. The maximum atomic E-state index is 13.1. The van der Waals surface area contributed by atoms with Gasteiger partial charge in [0.15, 0.2) is 17.0 Å². The summed E-state index contributed by atoms with van der Waals surface area (Å²) in [7, 11) is 0. The molecular formula is C26H30F2N10O4. The van der Waals surface area contributed by atoms with Crippen molar-refractivity contribution < 1.29 is 27.8 Å². The van der Waals surface area contributed by atoms with Gasteiger partial charge in [-0.1, -0.05) is 0 Å². The van der Waals surface area contributed by atoms with Gasteiger partial charge in [-0.2, -0.15) is 23.8 Å². The number of ether oxygens (including phenoxy) is 2. The van der Waals surface area contributed by atoms with E-state index >= 15 is 0 Å². The summed E-state index contributed by atoms with van der Waals surface area (Å²) in [6.07, 6.45) is 3.34. The second kappa shape index (κ2) is 11.9. The molecule has 3 aromatic heterocycles. The highest BCUT2D eigenvalue weighted by Crippen LogP contribution is 2.26. The van der Waals surface area contributed by atoms with Gasteiger partial charge in [-0.3, -0.25) is 14.7 Å². The number of imidazole rings is 1. The number of aromatic nitrogens is 6.